The summed E-state index contributed by atoms with van der Waals surface area (Å²) in [6, 6.07) is 0. The van der Waals surface area contributed by atoms with Gasteiger partial charge in [0, 0.05) is 13.2 Å². The maximum absolute atomic E-state index is 5.87. The maximum Gasteiger partial charge on any atom is 0.0593 e. The van der Waals surface area contributed by atoms with E-state index in [9.17, 15) is 0 Å². The van der Waals surface area contributed by atoms with Crippen molar-refractivity contribution in [3.63, 3.8) is 0 Å². The lowest BCUT2D eigenvalue weighted by Crippen LogP contribution is -2.31. The zero-order chi connectivity index (χ0) is 11.9. The first-order valence-electron chi connectivity index (χ1n) is 7.40. The fourth-order valence-electron chi connectivity index (χ4n) is 3.25. The zero-order valence-electron chi connectivity index (χ0n) is 11.1. The summed E-state index contributed by atoms with van der Waals surface area (Å²) < 4.78 is 5.87. The fourth-order valence-corrected chi connectivity index (χ4v) is 3.25. The van der Waals surface area contributed by atoms with Crippen molar-refractivity contribution in [1.82, 2.24) is 4.90 Å². The van der Waals surface area contributed by atoms with Crippen LogP contribution in [0, 0.1) is 11.8 Å². The molecule has 1 aliphatic heterocycles. The van der Waals surface area contributed by atoms with Crippen molar-refractivity contribution in [3.8, 4) is 0 Å². The Morgan fingerprint density at radius 3 is 2.41 bits per heavy atom. The van der Waals surface area contributed by atoms with Gasteiger partial charge in [-0.1, -0.05) is 12.8 Å². The van der Waals surface area contributed by atoms with Crippen LogP contribution in [-0.4, -0.2) is 44.3 Å². The van der Waals surface area contributed by atoms with Gasteiger partial charge in [-0.15, -0.1) is 0 Å². The minimum Gasteiger partial charge on any atom is -0.380 e. The van der Waals surface area contributed by atoms with Crippen LogP contribution in [0.25, 0.3) is 0 Å². The molecule has 2 aliphatic rings. The van der Waals surface area contributed by atoms with E-state index in [2.05, 4.69) is 4.90 Å². The smallest absolute Gasteiger partial charge is 0.0593 e. The second kappa shape index (κ2) is 7.34. The van der Waals surface area contributed by atoms with Gasteiger partial charge >= 0.3 is 0 Å². The monoisotopic (exact) mass is 240 g/mol. The van der Waals surface area contributed by atoms with Gasteiger partial charge in [0.2, 0.25) is 0 Å². The van der Waals surface area contributed by atoms with E-state index >= 15 is 0 Å². The summed E-state index contributed by atoms with van der Waals surface area (Å²) in [5, 5.41) is 0. The first-order chi connectivity index (χ1) is 8.40. The average molecular weight is 240 g/mol. The van der Waals surface area contributed by atoms with E-state index in [4.69, 9.17) is 10.5 Å². The van der Waals surface area contributed by atoms with E-state index in [0.717, 1.165) is 38.1 Å². The van der Waals surface area contributed by atoms with Crippen molar-refractivity contribution in [1.29, 1.82) is 0 Å². The van der Waals surface area contributed by atoms with E-state index in [1.807, 2.05) is 0 Å². The molecule has 1 saturated carbocycles. The number of nitrogens with zero attached hydrogens (tertiary/aromatic N) is 1. The number of nitrogens with two attached hydrogens (primary N) is 1. The molecule has 0 bridgehead atoms. The van der Waals surface area contributed by atoms with E-state index in [-0.39, 0.29) is 0 Å². The molecule has 0 aromatic heterocycles. The van der Waals surface area contributed by atoms with Gasteiger partial charge in [-0.25, -0.2) is 0 Å². The minimum atomic E-state index is 0.718. The lowest BCUT2D eigenvalue weighted by molar-refractivity contribution is 0.0507. The van der Waals surface area contributed by atoms with Gasteiger partial charge in [-0.05, 0) is 57.2 Å². The van der Waals surface area contributed by atoms with Crippen LogP contribution in [0.5, 0.6) is 0 Å². The van der Waals surface area contributed by atoms with Gasteiger partial charge in [0.25, 0.3) is 0 Å². The Morgan fingerprint density at radius 2 is 1.71 bits per heavy atom. The Labute approximate surface area is 106 Å². The molecule has 2 fully saturated rings. The maximum atomic E-state index is 5.87. The molecule has 0 aromatic carbocycles. The Kier molecular flexibility index (Phi) is 5.75. The summed E-state index contributed by atoms with van der Waals surface area (Å²) in [5.41, 5.74) is 5.83. The molecule has 2 atom stereocenters. The Bertz CT molecular complexity index is 204. The van der Waals surface area contributed by atoms with Crippen molar-refractivity contribution in [3.05, 3.63) is 0 Å². The molecule has 17 heavy (non-hydrogen) atoms. The van der Waals surface area contributed by atoms with Gasteiger partial charge in [-0.3, -0.25) is 0 Å². The van der Waals surface area contributed by atoms with Crippen molar-refractivity contribution in [2.75, 3.05) is 39.4 Å². The molecule has 100 valence electrons. The van der Waals surface area contributed by atoms with Crippen molar-refractivity contribution >= 4 is 0 Å². The quantitative estimate of drug-likeness (QED) is 0.720. The number of likely N-dealkylation sites (tertiary alicyclic amines) is 1. The van der Waals surface area contributed by atoms with E-state index in [1.54, 1.807) is 0 Å². The summed E-state index contributed by atoms with van der Waals surface area (Å²) in [4.78, 5) is 2.52. The van der Waals surface area contributed by atoms with Crippen molar-refractivity contribution < 1.29 is 4.74 Å². The highest BCUT2D eigenvalue weighted by Gasteiger charge is 2.23. The van der Waals surface area contributed by atoms with Crippen LogP contribution >= 0.6 is 0 Å². The third-order valence-corrected chi connectivity index (χ3v) is 4.45. The lowest BCUT2D eigenvalue weighted by atomic mass is 9.80. The second-order valence-electron chi connectivity index (χ2n) is 5.66. The molecule has 0 spiro atoms. The van der Waals surface area contributed by atoms with E-state index < -0.39 is 0 Å². The molecule has 1 heterocycles. The van der Waals surface area contributed by atoms with Crippen molar-refractivity contribution in [2.45, 2.75) is 38.5 Å². The van der Waals surface area contributed by atoms with Crippen LogP contribution in [0.15, 0.2) is 0 Å². The van der Waals surface area contributed by atoms with E-state index in [1.165, 1.54) is 51.6 Å². The molecule has 3 nitrogen and oxygen atoms in total. The normalized spacial score (nSPS) is 30.9. The van der Waals surface area contributed by atoms with Crippen LogP contribution in [0.2, 0.25) is 0 Å². The highest BCUT2D eigenvalue weighted by Crippen LogP contribution is 2.29. The molecule has 1 aliphatic carbocycles. The van der Waals surface area contributed by atoms with Crippen LogP contribution in [0.1, 0.15) is 38.5 Å². The number of hydrogen-bond acceptors (Lipinski definition) is 3. The van der Waals surface area contributed by atoms with Crippen LogP contribution in [0.4, 0.5) is 0 Å². The average Bonchev–Trinajstić information content (AvgIpc) is 2.88. The molecular formula is C14H28N2O. The van der Waals surface area contributed by atoms with Gasteiger partial charge < -0.3 is 15.4 Å². The number of hydrogen-bond donors (Lipinski definition) is 1. The summed E-state index contributed by atoms with van der Waals surface area (Å²) >= 11 is 0. The molecule has 2 rings (SSSR count). The Morgan fingerprint density at radius 1 is 1.00 bits per heavy atom. The molecule has 0 aromatic rings. The largest absolute Gasteiger partial charge is 0.380 e. The molecule has 2 unspecified atom stereocenters. The number of ether oxygens (including phenoxy) is 1. The van der Waals surface area contributed by atoms with Gasteiger partial charge in [0.15, 0.2) is 0 Å². The molecule has 1 saturated heterocycles. The predicted octanol–water partition coefficient (Wildman–Crippen LogP) is 1.86. The SMILES string of the molecule is NCC1CCCCC1COCCN1CCCC1. The first-order valence-corrected chi connectivity index (χ1v) is 7.40. The summed E-state index contributed by atoms with van der Waals surface area (Å²) in [5.74, 6) is 1.45. The highest BCUT2D eigenvalue weighted by molar-refractivity contribution is 4.76. The third-order valence-electron chi connectivity index (χ3n) is 4.45. The molecule has 0 amide bonds. The zero-order valence-corrected chi connectivity index (χ0v) is 11.1. The topological polar surface area (TPSA) is 38.5 Å². The van der Waals surface area contributed by atoms with E-state index in [0.29, 0.717) is 0 Å². The fraction of sp³-hybridized carbons (Fsp3) is 1.00. The highest BCUT2D eigenvalue weighted by atomic mass is 16.5. The second-order valence-corrected chi connectivity index (χ2v) is 5.66. The standard InChI is InChI=1S/C14H28N2O/c15-11-13-5-1-2-6-14(13)12-17-10-9-16-7-3-4-8-16/h13-14H,1-12,15H2. The van der Waals surface area contributed by atoms with Gasteiger partial charge in [-0.2, -0.15) is 0 Å². The first kappa shape index (κ1) is 13.3. The van der Waals surface area contributed by atoms with Gasteiger partial charge in [0.1, 0.15) is 0 Å². The summed E-state index contributed by atoms with van der Waals surface area (Å²) in [6.07, 6.45) is 8.13. The third kappa shape index (κ3) is 4.23. The Hall–Kier alpha value is -0.120. The molecule has 3 heteroatoms. The summed E-state index contributed by atoms with van der Waals surface area (Å²) in [6.45, 7) is 6.38. The van der Waals surface area contributed by atoms with Crippen LogP contribution in [-0.2, 0) is 4.74 Å². The minimum absolute atomic E-state index is 0.718. The van der Waals surface area contributed by atoms with Crippen LogP contribution in [0.3, 0.4) is 0 Å². The molecule has 0 radical (unpaired) electrons. The summed E-state index contributed by atoms with van der Waals surface area (Å²) in [7, 11) is 0. The molecule has 2 N–H and O–H groups in total. The molecular weight excluding hydrogens is 212 g/mol. The van der Waals surface area contributed by atoms with Gasteiger partial charge in [0.05, 0.1) is 6.61 Å². The Balaban J connectivity index is 1.56. The lowest BCUT2D eigenvalue weighted by Gasteiger charge is -2.30. The predicted molar refractivity (Wildman–Crippen MR) is 71.0 cm³/mol. The number of rotatable bonds is 6. The van der Waals surface area contributed by atoms with Crippen molar-refractivity contribution in [2.24, 2.45) is 17.6 Å². The van der Waals surface area contributed by atoms with Crippen LogP contribution < -0.4 is 5.73 Å².